The molecule has 0 spiro atoms. The van der Waals surface area contributed by atoms with Gasteiger partial charge in [0.2, 0.25) is 0 Å². The maximum atomic E-state index is 5.85. The molecule has 4 rings (SSSR count). The molecule has 0 radical (unpaired) electrons. The lowest BCUT2D eigenvalue weighted by Crippen LogP contribution is -2.17. The predicted molar refractivity (Wildman–Crippen MR) is 129 cm³/mol. The number of nitrogens with two attached hydrogens (primary N) is 1. The fraction of sp³-hybridized carbons (Fsp3) is 0.222. The largest absolute Gasteiger partial charge is 0.399 e. The molecular formula is C27H30N4. The first-order valence-corrected chi connectivity index (χ1v) is 10.8. The van der Waals surface area contributed by atoms with Crippen LogP contribution in [0.4, 0.5) is 5.69 Å². The second kappa shape index (κ2) is 9.19. The molecule has 4 nitrogen and oxygen atoms in total. The average molecular weight is 411 g/mol. The Hall–Kier alpha value is -3.37. The number of anilines is 1. The Balaban J connectivity index is 1.52. The number of nitrogen functional groups attached to an aromatic ring is 1. The molecule has 3 N–H and O–H groups in total. The summed E-state index contributed by atoms with van der Waals surface area (Å²) >= 11 is 0. The van der Waals surface area contributed by atoms with E-state index < -0.39 is 0 Å². The van der Waals surface area contributed by atoms with Gasteiger partial charge in [-0.2, -0.15) is 5.10 Å². The van der Waals surface area contributed by atoms with Gasteiger partial charge in [0.05, 0.1) is 11.4 Å². The van der Waals surface area contributed by atoms with E-state index in [2.05, 4.69) is 74.7 Å². The van der Waals surface area contributed by atoms with Crippen LogP contribution < -0.4 is 11.1 Å². The molecule has 1 aromatic heterocycles. The van der Waals surface area contributed by atoms with E-state index in [0.29, 0.717) is 0 Å². The Bertz CT molecular complexity index is 1160. The van der Waals surface area contributed by atoms with Gasteiger partial charge >= 0.3 is 0 Å². The van der Waals surface area contributed by atoms with Crippen LogP contribution in [0, 0.1) is 20.8 Å². The fourth-order valence-corrected chi connectivity index (χ4v) is 3.67. The average Bonchev–Trinajstić information content (AvgIpc) is 3.19. The summed E-state index contributed by atoms with van der Waals surface area (Å²) in [6.45, 7) is 8.12. The molecule has 0 amide bonds. The number of aryl methyl sites for hydroxylation is 3. The zero-order chi connectivity index (χ0) is 21.8. The molecule has 0 fully saturated rings. The number of hydrogen-bond donors (Lipinski definition) is 2. The van der Waals surface area contributed by atoms with E-state index in [1.54, 1.807) is 0 Å². The summed E-state index contributed by atoms with van der Waals surface area (Å²) in [5.74, 6) is 0. The van der Waals surface area contributed by atoms with Crippen molar-refractivity contribution >= 4 is 5.69 Å². The van der Waals surface area contributed by atoms with Crippen LogP contribution in [0.25, 0.3) is 16.9 Å². The van der Waals surface area contributed by atoms with Crippen LogP contribution in [0.15, 0.2) is 72.9 Å². The Labute approximate surface area is 184 Å². The molecule has 0 aliphatic carbocycles. The van der Waals surface area contributed by atoms with Crippen LogP contribution in [0.1, 0.15) is 27.8 Å². The van der Waals surface area contributed by atoms with Gasteiger partial charge < -0.3 is 11.1 Å². The maximum absolute atomic E-state index is 5.85. The van der Waals surface area contributed by atoms with E-state index in [4.69, 9.17) is 10.8 Å². The second-order valence-corrected chi connectivity index (χ2v) is 8.25. The van der Waals surface area contributed by atoms with Gasteiger partial charge in [0, 0.05) is 29.6 Å². The Morgan fingerprint density at radius 1 is 0.871 bits per heavy atom. The lowest BCUT2D eigenvalue weighted by molar-refractivity contribution is 0.687. The highest BCUT2D eigenvalue weighted by Crippen LogP contribution is 2.24. The minimum absolute atomic E-state index is 0.753. The monoisotopic (exact) mass is 410 g/mol. The molecule has 3 aromatic carbocycles. The number of aromatic nitrogens is 2. The lowest BCUT2D eigenvalue weighted by atomic mass is 10.0. The molecule has 158 valence electrons. The molecule has 0 saturated heterocycles. The summed E-state index contributed by atoms with van der Waals surface area (Å²) < 4.78 is 1.94. The van der Waals surface area contributed by atoms with Crippen molar-refractivity contribution in [2.75, 3.05) is 12.3 Å². The summed E-state index contributed by atoms with van der Waals surface area (Å²) in [6.07, 6.45) is 3.12. The molecule has 0 saturated carbocycles. The number of nitrogens with zero attached hydrogens (tertiary/aromatic N) is 2. The summed E-state index contributed by atoms with van der Waals surface area (Å²) in [5.41, 5.74) is 16.2. The number of rotatable bonds is 7. The quantitative estimate of drug-likeness (QED) is 0.318. The van der Waals surface area contributed by atoms with Gasteiger partial charge in [-0.15, -0.1) is 0 Å². The van der Waals surface area contributed by atoms with Crippen molar-refractivity contribution in [2.24, 2.45) is 0 Å². The molecule has 0 bridgehead atoms. The van der Waals surface area contributed by atoms with E-state index >= 15 is 0 Å². The first-order chi connectivity index (χ1) is 15.0. The smallest absolute Gasteiger partial charge is 0.0972 e. The van der Waals surface area contributed by atoms with Crippen LogP contribution in [-0.4, -0.2) is 16.3 Å². The normalized spacial score (nSPS) is 11.1. The second-order valence-electron chi connectivity index (χ2n) is 8.25. The van der Waals surface area contributed by atoms with Crippen molar-refractivity contribution in [3.8, 4) is 16.9 Å². The third-order valence-corrected chi connectivity index (χ3v) is 5.75. The van der Waals surface area contributed by atoms with Crippen LogP contribution in [-0.2, 0) is 13.0 Å². The highest BCUT2D eigenvalue weighted by atomic mass is 15.3. The van der Waals surface area contributed by atoms with Crippen LogP contribution in [0.2, 0.25) is 0 Å². The summed E-state index contributed by atoms with van der Waals surface area (Å²) in [7, 11) is 0. The molecule has 1 heterocycles. The summed E-state index contributed by atoms with van der Waals surface area (Å²) in [4.78, 5) is 0. The molecule has 31 heavy (non-hydrogen) atoms. The SMILES string of the molecule is Cc1ccc(-c2nn(-c3ccc(N)cc3)cc2CNCCc2ccc(C)c(C)c2)cc1. The van der Waals surface area contributed by atoms with Gasteiger partial charge in [0.15, 0.2) is 0 Å². The van der Waals surface area contributed by atoms with Crippen molar-refractivity contribution in [1.29, 1.82) is 0 Å². The van der Waals surface area contributed by atoms with Gasteiger partial charge in [-0.25, -0.2) is 4.68 Å². The number of hydrogen-bond acceptors (Lipinski definition) is 3. The Morgan fingerprint density at radius 2 is 1.61 bits per heavy atom. The van der Waals surface area contributed by atoms with Crippen molar-refractivity contribution in [3.05, 3.63) is 101 Å². The molecule has 4 aromatic rings. The first kappa shape index (κ1) is 20.9. The third-order valence-electron chi connectivity index (χ3n) is 5.75. The molecule has 0 atom stereocenters. The van der Waals surface area contributed by atoms with E-state index in [0.717, 1.165) is 42.1 Å². The van der Waals surface area contributed by atoms with E-state index in [-0.39, 0.29) is 0 Å². The molecular weight excluding hydrogens is 380 g/mol. The molecule has 4 heteroatoms. The minimum Gasteiger partial charge on any atom is -0.399 e. The van der Waals surface area contributed by atoms with Crippen LogP contribution in [0.3, 0.4) is 0 Å². The van der Waals surface area contributed by atoms with E-state index in [9.17, 15) is 0 Å². The lowest BCUT2D eigenvalue weighted by Gasteiger charge is -2.07. The predicted octanol–water partition coefficient (Wildman–Crippen LogP) is 5.38. The summed E-state index contributed by atoms with van der Waals surface area (Å²) in [6, 6.07) is 23.1. The van der Waals surface area contributed by atoms with Crippen molar-refractivity contribution < 1.29 is 0 Å². The number of benzene rings is 3. The highest BCUT2D eigenvalue weighted by Gasteiger charge is 2.12. The summed E-state index contributed by atoms with van der Waals surface area (Å²) in [5, 5.41) is 8.51. The van der Waals surface area contributed by atoms with Crippen molar-refractivity contribution in [1.82, 2.24) is 15.1 Å². The van der Waals surface area contributed by atoms with Gasteiger partial charge in [-0.1, -0.05) is 48.0 Å². The Kier molecular flexibility index (Phi) is 6.19. The molecule has 0 unspecified atom stereocenters. The topological polar surface area (TPSA) is 55.9 Å². The number of nitrogens with one attached hydrogen (secondary N) is 1. The highest BCUT2D eigenvalue weighted by molar-refractivity contribution is 5.63. The molecule has 0 aliphatic heterocycles. The van der Waals surface area contributed by atoms with E-state index in [1.165, 1.54) is 27.8 Å². The van der Waals surface area contributed by atoms with Gasteiger partial charge in [-0.05, 0) is 74.7 Å². The van der Waals surface area contributed by atoms with Crippen molar-refractivity contribution in [3.63, 3.8) is 0 Å². The van der Waals surface area contributed by atoms with Gasteiger partial charge in [-0.3, -0.25) is 0 Å². The first-order valence-electron chi connectivity index (χ1n) is 10.8. The van der Waals surface area contributed by atoms with Crippen LogP contribution in [0.5, 0.6) is 0 Å². The maximum Gasteiger partial charge on any atom is 0.0972 e. The zero-order valence-electron chi connectivity index (χ0n) is 18.5. The zero-order valence-corrected chi connectivity index (χ0v) is 18.5. The van der Waals surface area contributed by atoms with Gasteiger partial charge in [0.1, 0.15) is 0 Å². The fourth-order valence-electron chi connectivity index (χ4n) is 3.67. The Morgan fingerprint density at radius 3 is 2.32 bits per heavy atom. The van der Waals surface area contributed by atoms with Crippen LogP contribution >= 0.6 is 0 Å². The van der Waals surface area contributed by atoms with Gasteiger partial charge in [0.25, 0.3) is 0 Å². The minimum atomic E-state index is 0.753. The van der Waals surface area contributed by atoms with E-state index in [1.807, 2.05) is 28.9 Å². The molecule has 0 aliphatic rings. The standard InChI is InChI=1S/C27H30N4/c1-19-4-8-23(9-5-19)27-24(18-31(30-27)26-12-10-25(28)11-13-26)17-29-15-14-22-7-6-20(2)21(3)16-22/h4-13,16,18,29H,14-15,17,28H2,1-3H3. The third kappa shape index (κ3) is 5.04. The van der Waals surface area contributed by atoms with Crippen molar-refractivity contribution in [2.45, 2.75) is 33.7 Å².